The van der Waals surface area contributed by atoms with Crippen molar-refractivity contribution in [1.29, 1.82) is 0 Å². The Bertz CT molecular complexity index is 385. The molecule has 1 aliphatic heterocycles. The van der Waals surface area contributed by atoms with Gasteiger partial charge in [0.2, 0.25) is 0 Å². The SMILES string of the molecule is CNCC1(CN(C)Cc2cc(Br)cs2)CCCOC1. The van der Waals surface area contributed by atoms with Crippen LogP contribution in [0.25, 0.3) is 0 Å². The zero-order valence-electron chi connectivity index (χ0n) is 11.7. The zero-order chi connectivity index (χ0) is 13.7. The second-order valence-electron chi connectivity index (χ2n) is 5.59. The number of halogens is 1. The maximum Gasteiger partial charge on any atom is 0.0546 e. The Kier molecular flexibility index (Phi) is 5.84. The average Bonchev–Trinajstić information content (AvgIpc) is 2.75. The molecule has 0 bridgehead atoms. The van der Waals surface area contributed by atoms with Gasteiger partial charge in [-0.3, -0.25) is 0 Å². The fourth-order valence-electron chi connectivity index (χ4n) is 2.94. The van der Waals surface area contributed by atoms with Gasteiger partial charge in [0.05, 0.1) is 6.61 Å². The first-order valence-electron chi connectivity index (χ1n) is 6.77. The van der Waals surface area contributed by atoms with Gasteiger partial charge in [0.15, 0.2) is 0 Å². The summed E-state index contributed by atoms with van der Waals surface area (Å²) in [5.41, 5.74) is 0.274. The van der Waals surface area contributed by atoms with Crippen LogP contribution in [0.4, 0.5) is 0 Å². The lowest BCUT2D eigenvalue weighted by Crippen LogP contribution is -2.47. The summed E-state index contributed by atoms with van der Waals surface area (Å²) < 4.78 is 6.91. The monoisotopic (exact) mass is 346 g/mol. The summed E-state index contributed by atoms with van der Waals surface area (Å²) in [6.07, 6.45) is 2.44. The molecule has 1 N–H and O–H groups in total. The molecule has 2 heterocycles. The second kappa shape index (κ2) is 7.18. The second-order valence-corrected chi connectivity index (χ2v) is 7.50. The Labute approximate surface area is 128 Å². The number of ether oxygens (including phenoxy) is 1. The molecule has 0 aromatic carbocycles. The predicted octanol–water partition coefficient (Wildman–Crippen LogP) is 2.96. The number of nitrogens with one attached hydrogen (secondary N) is 1. The van der Waals surface area contributed by atoms with Crippen molar-refractivity contribution in [2.24, 2.45) is 5.41 Å². The van der Waals surface area contributed by atoms with Crippen molar-refractivity contribution < 1.29 is 4.74 Å². The van der Waals surface area contributed by atoms with Gasteiger partial charge >= 0.3 is 0 Å². The summed E-state index contributed by atoms with van der Waals surface area (Å²) in [5.74, 6) is 0. The summed E-state index contributed by atoms with van der Waals surface area (Å²) in [6, 6.07) is 2.21. The van der Waals surface area contributed by atoms with Crippen LogP contribution in [0.2, 0.25) is 0 Å². The first-order valence-corrected chi connectivity index (χ1v) is 8.45. The molecule has 0 saturated carbocycles. The molecule has 1 aromatic heterocycles. The minimum Gasteiger partial charge on any atom is -0.381 e. The third kappa shape index (κ3) is 4.53. The Morgan fingerprint density at radius 3 is 3.00 bits per heavy atom. The highest BCUT2D eigenvalue weighted by molar-refractivity contribution is 9.10. The normalized spacial score (nSPS) is 24.0. The van der Waals surface area contributed by atoms with E-state index < -0.39 is 0 Å². The Morgan fingerprint density at radius 2 is 2.42 bits per heavy atom. The highest BCUT2D eigenvalue weighted by atomic mass is 79.9. The smallest absolute Gasteiger partial charge is 0.0546 e. The van der Waals surface area contributed by atoms with Crippen molar-refractivity contribution in [2.75, 3.05) is 40.4 Å². The molecule has 1 unspecified atom stereocenters. The molecule has 0 amide bonds. The fraction of sp³-hybridized carbons (Fsp3) is 0.714. The zero-order valence-corrected chi connectivity index (χ0v) is 14.1. The highest BCUT2D eigenvalue weighted by Gasteiger charge is 2.33. The van der Waals surface area contributed by atoms with Crippen molar-refractivity contribution in [3.8, 4) is 0 Å². The van der Waals surface area contributed by atoms with E-state index >= 15 is 0 Å². The summed E-state index contributed by atoms with van der Waals surface area (Å²) in [6.45, 7) is 4.94. The topological polar surface area (TPSA) is 24.5 Å². The molecule has 0 aliphatic carbocycles. The van der Waals surface area contributed by atoms with E-state index in [0.717, 1.165) is 32.8 Å². The maximum atomic E-state index is 5.72. The van der Waals surface area contributed by atoms with Crippen LogP contribution in [0.3, 0.4) is 0 Å². The third-order valence-corrected chi connectivity index (χ3v) is 5.29. The average molecular weight is 347 g/mol. The summed E-state index contributed by atoms with van der Waals surface area (Å²) in [5, 5.41) is 5.49. The van der Waals surface area contributed by atoms with Gasteiger partial charge in [0.25, 0.3) is 0 Å². The lowest BCUT2D eigenvalue weighted by atomic mass is 9.82. The molecule has 1 atom stereocenters. The largest absolute Gasteiger partial charge is 0.381 e. The van der Waals surface area contributed by atoms with Crippen LogP contribution in [0.15, 0.2) is 15.9 Å². The van der Waals surface area contributed by atoms with Crippen molar-refractivity contribution in [3.05, 3.63) is 20.8 Å². The van der Waals surface area contributed by atoms with Gasteiger partial charge in [0.1, 0.15) is 0 Å². The van der Waals surface area contributed by atoms with Crippen LogP contribution < -0.4 is 5.32 Å². The van der Waals surface area contributed by atoms with E-state index in [9.17, 15) is 0 Å². The number of rotatable bonds is 6. The fourth-order valence-corrected chi connectivity index (χ4v) is 4.47. The first-order chi connectivity index (χ1) is 9.13. The third-order valence-electron chi connectivity index (χ3n) is 3.61. The van der Waals surface area contributed by atoms with E-state index in [1.54, 1.807) is 0 Å². The first kappa shape index (κ1) is 15.4. The van der Waals surface area contributed by atoms with Gasteiger partial charge in [-0.2, -0.15) is 0 Å². The minimum absolute atomic E-state index is 0.274. The highest BCUT2D eigenvalue weighted by Crippen LogP contribution is 2.30. The van der Waals surface area contributed by atoms with E-state index in [4.69, 9.17) is 4.74 Å². The van der Waals surface area contributed by atoms with E-state index in [1.807, 2.05) is 18.4 Å². The molecule has 0 radical (unpaired) electrons. The van der Waals surface area contributed by atoms with E-state index in [2.05, 4.69) is 44.6 Å². The number of hydrogen-bond acceptors (Lipinski definition) is 4. The Hall–Kier alpha value is 0.0600. The molecule has 5 heteroatoms. The summed E-state index contributed by atoms with van der Waals surface area (Å²) >= 11 is 5.33. The minimum atomic E-state index is 0.274. The predicted molar refractivity (Wildman–Crippen MR) is 84.8 cm³/mol. The molecule has 1 saturated heterocycles. The van der Waals surface area contributed by atoms with Crippen molar-refractivity contribution in [2.45, 2.75) is 19.4 Å². The molecule has 1 aromatic rings. The van der Waals surface area contributed by atoms with Crippen molar-refractivity contribution in [1.82, 2.24) is 10.2 Å². The lowest BCUT2D eigenvalue weighted by Gasteiger charge is -2.39. The van der Waals surface area contributed by atoms with Crippen molar-refractivity contribution in [3.63, 3.8) is 0 Å². The van der Waals surface area contributed by atoms with Gasteiger partial charge in [-0.15, -0.1) is 11.3 Å². The van der Waals surface area contributed by atoms with Crippen LogP contribution in [0.1, 0.15) is 17.7 Å². The molecule has 19 heavy (non-hydrogen) atoms. The number of hydrogen-bond donors (Lipinski definition) is 1. The van der Waals surface area contributed by atoms with Crippen LogP contribution in [-0.2, 0) is 11.3 Å². The standard InChI is InChI=1S/C14H23BrN2OS/c1-16-9-14(4-3-5-18-11-14)10-17(2)7-13-6-12(15)8-19-13/h6,8,16H,3-5,7,9-11H2,1-2H3. The summed E-state index contributed by atoms with van der Waals surface area (Å²) in [4.78, 5) is 3.83. The molecule has 1 aliphatic rings. The molecular weight excluding hydrogens is 324 g/mol. The van der Waals surface area contributed by atoms with E-state index in [-0.39, 0.29) is 5.41 Å². The maximum absolute atomic E-state index is 5.72. The molecule has 3 nitrogen and oxygen atoms in total. The molecule has 0 spiro atoms. The quantitative estimate of drug-likeness (QED) is 0.856. The number of thiophene rings is 1. The van der Waals surface area contributed by atoms with Gasteiger partial charge in [-0.05, 0) is 48.9 Å². The molecule has 2 rings (SSSR count). The van der Waals surface area contributed by atoms with Crippen LogP contribution in [-0.4, -0.2) is 45.3 Å². The lowest BCUT2D eigenvalue weighted by molar-refractivity contribution is -0.0227. The van der Waals surface area contributed by atoms with Gasteiger partial charge < -0.3 is 15.0 Å². The van der Waals surface area contributed by atoms with Gasteiger partial charge in [-0.25, -0.2) is 0 Å². The van der Waals surface area contributed by atoms with Gasteiger partial charge in [0, 0.05) is 46.4 Å². The molecule has 108 valence electrons. The Balaban J connectivity index is 1.92. The van der Waals surface area contributed by atoms with Crippen LogP contribution in [0.5, 0.6) is 0 Å². The van der Waals surface area contributed by atoms with E-state index in [0.29, 0.717) is 0 Å². The van der Waals surface area contributed by atoms with Crippen LogP contribution >= 0.6 is 27.3 Å². The Morgan fingerprint density at radius 1 is 1.58 bits per heavy atom. The van der Waals surface area contributed by atoms with Crippen molar-refractivity contribution >= 4 is 27.3 Å². The molecular formula is C14H23BrN2OS. The van der Waals surface area contributed by atoms with E-state index in [1.165, 1.54) is 22.2 Å². The number of nitrogens with zero attached hydrogens (tertiary/aromatic N) is 1. The molecule has 1 fully saturated rings. The summed E-state index contributed by atoms with van der Waals surface area (Å²) in [7, 11) is 4.24. The van der Waals surface area contributed by atoms with Gasteiger partial charge in [-0.1, -0.05) is 0 Å². The van der Waals surface area contributed by atoms with Crippen LogP contribution in [0, 0.1) is 5.41 Å².